The molecular formula is C20H23NO5S. The van der Waals surface area contributed by atoms with Crippen molar-refractivity contribution in [3.8, 4) is 11.1 Å². The van der Waals surface area contributed by atoms with Crippen LogP contribution in [-0.4, -0.2) is 36.3 Å². The van der Waals surface area contributed by atoms with E-state index in [1.165, 1.54) is 19.3 Å². The molecule has 1 unspecified atom stereocenters. The van der Waals surface area contributed by atoms with E-state index in [1.54, 1.807) is 12.1 Å². The predicted octanol–water partition coefficient (Wildman–Crippen LogP) is 2.80. The highest BCUT2D eigenvalue weighted by molar-refractivity contribution is 7.92. The molecule has 0 aromatic heterocycles. The molecule has 27 heavy (non-hydrogen) atoms. The van der Waals surface area contributed by atoms with Crippen LogP contribution in [0.4, 0.5) is 0 Å². The summed E-state index contributed by atoms with van der Waals surface area (Å²) in [6, 6.07) is 14.8. The number of aryl methyl sites for hydroxylation is 1. The van der Waals surface area contributed by atoms with Crippen LogP contribution in [0.3, 0.4) is 0 Å². The first kappa shape index (κ1) is 20.8. The number of sulfone groups is 1. The highest BCUT2D eigenvalue weighted by Gasteiger charge is 2.43. The number of ketones is 1. The zero-order valence-corrected chi connectivity index (χ0v) is 16.3. The molecule has 0 aliphatic rings. The first-order valence-corrected chi connectivity index (χ1v) is 10.3. The molecule has 2 aromatic carbocycles. The van der Waals surface area contributed by atoms with Gasteiger partial charge in [-0.05, 0) is 43.4 Å². The third-order valence-corrected chi connectivity index (χ3v) is 6.90. The quantitative estimate of drug-likeness (QED) is 0.431. The van der Waals surface area contributed by atoms with E-state index in [0.717, 1.165) is 22.9 Å². The summed E-state index contributed by atoms with van der Waals surface area (Å²) in [4.78, 5) is 23.2. The largest absolute Gasteiger partial charge is 0.295 e. The average molecular weight is 389 g/mol. The maximum atomic E-state index is 12.0. The highest BCUT2D eigenvalue weighted by Crippen LogP contribution is 2.25. The second-order valence-electron chi connectivity index (χ2n) is 6.77. The number of hydrogen-bond donors (Lipinski definition) is 2. The summed E-state index contributed by atoms with van der Waals surface area (Å²) in [7, 11) is -3.71. The summed E-state index contributed by atoms with van der Waals surface area (Å²) in [5.41, 5.74) is 4.91. The summed E-state index contributed by atoms with van der Waals surface area (Å²) in [6.07, 6.45) is 1.39. The molecule has 0 radical (unpaired) electrons. The van der Waals surface area contributed by atoms with Crippen molar-refractivity contribution in [3.05, 3.63) is 59.7 Å². The fraction of sp³-hybridized carbons (Fsp3) is 0.300. The number of amides is 1. The number of carbonyl (C=O) groups is 2. The van der Waals surface area contributed by atoms with Crippen molar-refractivity contribution in [2.24, 2.45) is 0 Å². The van der Waals surface area contributed by atoms with E-state index in [9.17, 15) is 18.0 Å². The molecule has 0 saturated carbocycles. The van der Waals surface area contributed by atoms with Crippen LogP contribution in [-0.2, 0) is 21.1 Å². The first-order valence-electron chi connectivity index (χ1n) is 8.43. The standard InChI is InChI=1S/C20H23NO5S/c1-14(22)16-8-10-18(11-9-16)17-6-4-15(5-7-17)12-13-20(2,19(23)21-24)27(3,25)26/h4-11,24H,12-13H2,1-3H3,(H,21,23). The topological polar surface area (TPSA) is 101 Å². The van der Waals surface area contributed by atoms with Gasteiger partial charge in [-0.15, -0.1) is 0 Å². The summed E-state index contributed by atoms with van der Waals surface area (Å²) in [5.74, 6) is -0.926. The minimum absolute atomic E-state index is 0.0118. The molecule has 1 amide bonds. The van der Waals surface area contributed by atoms with Gasteiger partial charge in [0.2, 0.25) is 0 Å². The maximum absolute atomic E-state index is 12.0. The Kier molecular flexibility index (Phi) is 6.18. The van der Waals surface area contributed by atoms with Crippen molar-refractivity contribution in [2.75, 3.05) is 6.26 Å². The lowest BCUT2D eigenvalue weighted by atomic mass is 9.97. The molecular weight excluding hydrogens is 366 g/mol. The number of nitrogens with one attached hydrogen (secondary N) is 1. The Morgan fingerprint density at radius 3 is 1.89 bits per heavy atom. The highest BCUT2D eigenvalue weighted by atomic mass is 32.2. The van der Waals surface area contributed by atoms with Gasteiger partial charge in [0.15, 0.2) is 15.6 Å². The third kappa shape index (κ3) is 4.61. The summed E-state index contributed by atoms with van der Waals surface area (Å²) in [5, 5.41) is 8.86. The van der Waals surface area contributed by atoms with Gasteiger partial charge in [-0.3, -0.25) is 14.8 Å². The monoisotopic (exact) mass is 389 g/mol. The summed E-state index contributed by atoms with van der Waals surface area (Å²) >= 11 is 0. The fourth-order valence-electron chi connectivity index (χ4n) is 2.73. The van der Waals surface area contributed by atoms with Crippen LogP contribution >= 0.6 is 0 Å². The van der Waals surface area contributed by atoms with Crippen molar-refractivity contribution < 1.29 is 23.2 Å². The van der Waals surface area contributed by atoms with Gasteiger partial charge in [-0.25, -0.2) is 13.9 Å². The Bertz CT molecular complexity index is 933. The average Bonchev–Trinajstić information content (AvgIpc) is 2.65. The van der Waals surface area contributed by atoms with E-state index in [-0.39, 0.29) is 12.2 Å². The lowest BCUT2D eigenvalue weighted by Gasteiger charge is -2.25. The zero-order valence-electron chi connectivity index (χ0n) is 15.5. The smallest absolute Gasteiger partial charge is 0.264 e. The Balaban J connectivity index is 2.15. The van der Waals surface area contributed by atoms with Crippen LogP contribution in [0.1, 0.15) is 36.2 Å². The van der Waals surface area contributed by atoms with E-state index in [1.807, 2.05) is 36.4 Å². The molecule has 1 atom stereocenters. The third-order valence-electron chi connectivity index (χ3n) is 4.87. The van der Waals surface area contributed by atoms with Crippen molar-refractivity contribution in [1.82, 2.24) is 5.48 Å². The van der Waals surface area contributed by atoms with Crippen LogP contribution in [0, 0.1) is 0 Å². The number of Topliss-reactive ketones (excluding diaryl/α,β-unsaturated/α-hetero) is 1. The molecule has 0 spiro atoms. The van der Waals surface area contributed by atoms with Crippen LogP contribution in [0.2, 0.25) is 0 Å². The molecule has 0 fully saturated rings. The van der Waals surface area contributed by atoms with E-state index in [2.05, 4.69) is 0 Å². The van der Waals surface area contributed by atoms with E-state index >= 15 is 0 Å². The number of rotatable bonds is 7. The van der Waals surface area contributed by atoms with Crippen LogP contribution in [0.15, 0.2) is 48.5 Å². The molecule has 0 aliphatic heterocycles. The molecule has 2 aromatic rings. The molecule has 7 heteroatoms. The predicted molar refractivity (Wildman–Crippen MR) is 103 cm³/mol. The number of hydrogen-bond acceptors (Lipinski definition) is 5. The molecule has 144 valence electrons. The maximum Gasteiger partial charge on any atom is 0.264 e. The second kappa shape index (κ2) is 8.02. The Morgan fingerprint density at radius 1 is 1.00 bits per heavy atom. The lowest BCUT2D eigenvalue weighted by Crippen LogP contribution is -2.49. The normalized spacial score (nSPS) is 13.6. The molecule has 2 rings (SSSR count). The van der Waals surface area contributed by atoms with Crippen molar-refractivity contribution in [2.45, 2.75) is 31.4 Å². The number of carbonyl (C=O) groups excluding carboxylic acids is 2. The Hall–Kier alpha value is -2.51. The second-order valence-corrected chi connectivity index (χ2v) is 9.22. The van der Waals surface area contributed by atoms with Gasteiger partial charge in [0.1, 0.15) is 4.75 Å². The molecule has 0 saturated heterocycles. The number of hydroxylamine groups is 1. The number of benzene rings is 2. The molecule has 6 nitrogen and oxygen atoms in total. The van der Waals surface area contributed by atoms with Crippen LogP contribution in [0.5, 0.6) is 0 Å². The van der Waals surface area contributed by atoms with E-state index < -0.39 is 20.5 Å². The van der Waals surface area contributed by atoms with Gasteiger partial charge in [0, 0.05) is 11.8 Å². The van der Waals surface area contributed by atoms with Crippen LogP contribution in [0.25, 0.3) is 11.1 Å². The minimum Gasteiger partial charge on any atom is -0.295 e. The van der Waals surface area contributed by atoms with E-state index in [0.29, 0.717) is 12.0 Å². The fourth-order valence-corrected chi connectivity index (χ4v) is 3.58. The minimum atomic E-state index is -3.71. The van der Waals surface area contributed by atoms with Gasteiger partial charge in [0.25, 0.3) is 5.91 Å². The van der Waals surface area contributed by atoms with Crippen molar-refractivity contribution in [3.63, 3.8) is 0 Å². The zero-order chi connectivity index (χ0) is 20.2. The van der Waals surface area contributed by atoms with Gasteiger partial charge >= 0.3 is 0 Å². The van der Waals surface area contributed by atoms with Crippen molar-refractivity contribution in [1.29, 1.82) is 0 Å². The van der Waals surface area contributed by atoms with Crippen LogP contribution < -0.4 is 5.48 Å². The van der Waals surface area contributed by atoms with Gasteiger partial charge in [0.05, 0.1) is 0 Å². The Labute approximate surface area is 159 Å². The van der Waals surface area contributed by atoms with E-state index in [4.69, 9.17) is 5.21 Å². The summed E-state index contributed by atoms with van der Waals surface area (Å²) in [6.45, 7) is 2.82. The SMILES string of the molecule is CC(=O)c1ccc(-c2ccc(CCC(C)(C(=O)NO)S(C)(=O)=O)cc2)cc1. The Morgan fingerprint density at radius 2 is 1.48 bits per heavy atom. The molecule has 0 bridgehead atoms. The molecule has 0 heterocycles. The van der Waals surface area contributed by atoms with Gasteiger partial charge in [-0.2, -0.15) is 0 Å². The first-order chi connectivity index (χ1) is 12.6. The molecule has 2 N–H and O–H groups in total. The summed E-state index contributed by atoms with van der Waals surface area (Å²) < 4.78 is 22.3. The molecule has 0 aliphatic carbocycles. The van der Waals surface area contributed by atoms with Crippen molar-refractivity contribution >= 4 is 21.5 Å². The van der Waals surface area contributed by atoms with Gasteiger partial charge in [-0.1, -0.05) is 48.5 Å². The van der Waals surface area contributed by atoms with Gasteiger partial charge < -0.3 is 0 Å². The lowest BCUT2D eigenvalue weighted by molar-refractivity contribution is -0.131.